The average Bonchev–Trinajstić information content (AvgIpc) is 3.65. The zero-order chi connectivity index (χ0) is 41.0. The molecule has 1 aliphatic heterocycles. The van der Waals surface area contributed by atoms with Crippen molar-refractivity contribution in [3.63, 3.8) is 0 Å². The van der Waals surface area contributed by atoms with Crippen LogP contribution in [0.4, 0.5) is 0 Å². The molecule has 3 aliphatic rings. The first kappa shape index (κ1) is 36.6. The van der Waals surface area contributed by atoms with E-state index in [-0.39, 0.29) is 5.92 Å². The third kappa shape index (κ3) is 5.91. The van der Waals surface area contributed by atoms with Crippen LogP contribution in [0.5, 0.6) is 0 Å². The molecule has 0 unspecified atom stereocenters. The lowest BCUT2D eigenvalue weighted by atomic mass is 9.67. The number of hydrogen-bond donors (Lipinski definition) is 0. The number of rotatable bonds is 6. The Labute approximate surface area is 368 Å². The minimum atomic E-state index is -0.434. The molecule has 292 valence electrons. The van der Waals surface area contributed by atoms with Crippen molar-refractivity contribution in [1.82, 2.24) is 0 Å². The van der Waals surface area contributed by atoms with Gasteiger partial charge in [0, 0.05) is 15.7 Å². The van der Waals surface area contributed by atoms with Gasteiger partial charge in [-0.1, -0.05) is 224 Å². The van der Waals surface area contributed by atoms with Gasteiger partial charge in [-0.15, -0.1) is 0 Å². The minimum absolute atomic E-state index is 0.287. The second-order valence-corrected chi connectivity index (χ2v) is 17.8. The monoisotopic (exact) mass is 806 g/mol. The molecule has 0 nitrogen and oxygen atoms in total. The van der Waals surface area contributed by atoms with Crippen LogP contribution in [-0.4, -0.2) is 0 Å². The van der Waals surface area contributed by atoms with Gasteiger partial charge in [0.15, 0.2) is 0 Å². The largest absolute Gasteiger partial charge is 0.0894 e. The Morgan fingerprint density at radius 2 is 0.887 bits per heavy atom. The van der Waals surface area contributed by atoms with Gasteiger partial charge < -0.3 is 0 Å². The zero-order valence-corrected chi connectivity index (χ0v) is 35.0. The predicted molar refractivity (Wildman–Crippen MR) is 260 cm³/mol. The van der Waals surface area contributed by atoms with E-state index < -0.39 is 5.41 Å². The van der Waals surface area contributed by atoms with E-state index in [0.29, 0.717) is 0 Å². The summed E-state index contributed by atoms with van der Waals surface area (Å²) in [7, 11) is 0. The summed E-state index contributed by atoms with van der Waals surface area (Å²) in [4.78, 5) is 2.63. The Hall–Kier alpha value is -7.19. The Kier molecular flexibility index (Phi) is 8.90. The summed E-state index contributed by atoms with van der Waals surface area (Å²) in [5.41, 5.74) is 21.5. The van der Waals surface area contributed by atoms with Gasteiger partial charge in [-0.25, -0.2) is 0 Å². The molecule has 0 N–H and O–H groups in total. The van der Waals surface area contributed by atoms with Gasteiger partial charge in [0.2, 0.25) is 0 Å². The molecule has 1 heteroatoms. The summed E-state index contributed by atoms with van der Waals surface area (Å²) in [5, 5.41) is 0. The van der Waals surface area contributed by atoms with Crippen LogP contribution in [0.25, 0.3) is 55.7 Å². The second kappa shape index (κ2) is 15.1. The summed E-state index contributed by atoms with van der Waals surface area (Å²) in [6.45, 7) is 0. The van der Waals surface area contributed by atoms with E-state index in [4.69, 9.17) is 0 Å². The fourth-order valence-electron chi connectivity index (χ4n) is 10.6. The molecule has 1 spiro atoms. The van der Waals surface area contributed by atoms with Crippen LogP contribution in [0.1, 0.15) is 51.3 Å². The summed E-state index contributed by atoms with van der Waals surface area (Å²) in [6.07, 6.45) is 5.87. The van der Waals surface area contributed by atoms with Crippen molar-refractivity contribution in [2.45, 2.75) is 27.5 Å². The molecule has 0 amide bonds. The van der Waals surface area contributed by atoms with Gasteiger partial charge in [0.1, 0.15) is 0 Å². The van der Waals surface area contributed by atoms with Gasteiger partial charge in [0.05, 0.1) is 5.41 Å². The molecule has 2 aliphatic carbocycles. The predicted octanol–water partition coefficient (Wildman–Crippen LogP) is 16.2. The first-order chi connectivity index (χ1) is 30.7. The highest BCUT2D eigenvalue weighted by molar-refractivity contribution is 7.99. The Bertz CT molecular complexity index is 3180. The lowest BCUT2D eigenvalue weighted by molar-refractivity contribution is 0.723. The standard InChI is InChI=1S/C61H42S/c1-4-18-41(19-5-1)47-37-48(42-20-6-2-7-21-42)39-49(38-47)44-24-16-25-45(36-44)50-28-17-29-51(60(50)43-22-8-3-9-23-43)46-34-35-59-57(40-46)61(56-32-14-15-33-58(56)62-59)54-30-12-10-26-52(54)53-27-11-13-31-55(53)61/h1-36,38-40,47H,37H2/t47-/m0/s1. The number of benzene rings is 9. The fourth-order valence-corrected chi connectivity index (χ4v) is 11.8. The van der Waals surface area contributed by atoms with E-state index in [1.807, 2.05) is 11.8 Å². The third-order valence-corrected chi connectivity index (χ3v) is 14.5. The SMILES string of the molecule is C1=C(c2cccc(-c3cccc(-c4ccc5c(c4)C4(c6ccccc6S5)c5ccccc5-c5ccccc54)c3-c3ccccc3)c2)C=C(c2ccccc2)C[C@@H]1c1ccccc1. The number of fused-ring (bicyclic) bond motifs is 9. The van der Waals surface area contributed by atoms with E-state index in [0.717, 1.165) is 6.42 Å². The molecular weight excluding hydrogens is 765 g/mol. The van der Waals surface area contributed by atoms with Gasteiger partial charge in [-0.2, -0.15) is 0 Å². The molecule has 0 fully saturated rings. The molecule has 0 saturated heterocycles. The van der Waals surface area contributed by atoms with Crippen LogP contribution in [0.15, 0.2) is 246 Å². The molecular formula is C61H42S. The Morgan fingerprint density at radius 3 is 1.60 bits per heavy atom. The van der Waals surface area contributed by atoms with Gasteiger partial charge >= 0.3 is 0 Å². The maximum Gasteiger partial charge on any atom is 0.0735 e. The van der Waals surface area contributed by atoms with Crippen molar-refractivity contribution in [2.24, 2.45) is 0 Å². The highest BCUT2D eigenvalue weighted by Crippen LogP contribution is 2.62. The van der Waals surface area contributed by atoms with E-state index in [1.54, 1.807) is 0 Å². The fraction of sp³-hybridized carbons (Fsp3) is 0.0492. The smallest absolute Gasteiger partial charge is 0.0735 e. The van der Waals surface area contributed by atoms with E-state index >= 15 is 0 Å². The van der Waals surface area contributed by atoms with Crippen LogP contribution < -0.4 is 0 Å². The van der Waals surface area contributed by atoms with Crippen LogP contribution in [0, 0.1) is 0 Å². The van der Waals surface area contributed by atoms with E-state index in [9.17, 15) is 0 Å². The first-order valence-corrected chi connectivity index (χ1v) is 22.5. The lowest BCUT2D eigenvalue weighted by Gasteiger charge is -2.40. The summed E-state index contributed by atoms with van der Waals surface area (Å²) >= 11 is 1.90. The van der Waals surface area contributed by atoms with Crippen molar-refractivity contribution in [3.05, 3.63) is 276 Å². The molecule has 1 atom stereocenters. The normalized spacial score (nSPS) is 15.5. The third-order valence-electron chi connectivity index (χ3n) is 13.3. The molecule has 12 rings (SSSR count). The topological polar surface area (TPSA) is 0 Å². The maximum absolute atomic E-state index is 2.52. The highest BCUT2D eigenvalue weighted by atomic mass is 32.2. The van der Waals surface area contributed by atoms with Crippen molar-refractivity contribution >= 4 is 22.9 Å². The molecule has 0 saturated carbocycles. The Balaban J connectivity index is 1.04. The average molecular weight is 807 g/mol. The van der Waals surface area contributed by atoms with Crippen molar-refractivity contribution < 1.29 is 0 Å². The summed E-state index contributed by atoms with van der Waals surface area (Å²) in [5.74, 6) is 0.287. The van der Waals surface area contributed by atoms with Gasteiger partial charge in [-0.3, -0.25) is 0 Å². The van der Waals surface area contributed by atoms with Crippen molar-refractivity contribution in [2.75, 3.05) is 0 Å². The molecule has 9 aromatic rings. The van der Waals surface area contributed by atoms with Crippen LogP contribution in [0.2, 0.25) is 0 Å². The summed E-state index contributed by atoms with van der Waals surface area (Å²) < 4.78 is 0. The van der Waals surface area contributed by atoms with Gasteiger partial charge in [-0.05, 0) is 125 Å². The van der Waals surface area contributed by atoms with E-state index in [2.05, 4.69) is 237 Å². The molecule has 0 radical (unpaired) electrons. The van der Waals surface area contributed by atoms with Crippen molar-refractivity contribution in [3.8, 4) is 44.5 Å². The Morgan fingerprint density at radius 1 is 0.371 bits per heavy atom. The first-order valence-electron chi connectivity index (χ1n) is 21.7. The maximum atomic E-state index is 2.52. The molecule has 0 bridgehead atoms. The van der Waals surface area contributed by atoms with Crippen LogP contribution in [0.3, 0.4) is 0 Å². The number of allylic oxidation sites excluding steroid dienone is 4. The minimum Gasteiger partial charge on any atom is -0.0894 e. The van der Waals surface area contributed by atoms with Crippen LogP contribution in [-0.2, 0) is 5.41 Å². The lowest BCUT2D eigenvalue weighted by Crippen LogP contribution is -2.32. The highest BCUT2D eigenvalue weighted by Gasteiger charge is 2.50. The molecule has 1 heterocycles. The zero-order valence-electron chi connectivity index (χ0n) is 34.2. The second-order valence-electron chi connectivity index (χ2n) is 16.7. The summed E-state index contributed by atoms with van der Waals surface area (Å²) in [6, 6.07) is 83.4. The van der Waals surface area contributed by atoms with Crippen LogP contribution >= 0.6 is 11.8 Å². The number of hydrogen-bond acceptors (Lipinski definition) is 1. The van der Waals surface area contributed by atoms with Crippen molar-refractivity contribution in [1.29, 1.82) is 0 Å². The molecule has 62 heavy (non-hydrogen) atoms. The quantitative estimate of drug-likeness (QED) is 0.161. The van der Waals surface area contributed by atoms with E-state index in [1.165, 1.54) is 104 Å². The van der Waals surface area contributed by atoms with Gasteiger partial charge in [0.25, 0.3) is 0 Å². The molecule has 9 aromatic carbocycles. The molecule has 0 aromatic heterocycles.